The van der Waals surface area contributed by atoms with Crippen LogP contribution in [0, 0.1) is 5.92 Å². The molecule has 0 atom stereocenters. The normalized spacial score (nSPS) is 17.7. The highest BCUT2D eigenvalue weighted by atomic mass is 79.9. The summed E-state index contributed by atoms with van der Waals surface area (Å²) >= 11 is 3.40. The summed E-state index contributed by atoms with van der Waals surface area (Å²) in [6, 6.07) is 0.334. The lowest BCUT2D eigenvalue weighted by Gasteiger charge is -2.28. The van der Waals surface area contributed by atoms with Gasteiger partial charge in [-0.1, -0.05) is 28.8 Å². The Balaban J connectivity index is 2.53. The highest BCUT2D eigenvalue weighted by Crippen LogP contribution is 2.27. The van der Waals surface area contributed by atoms with Crippen molar-refractivity contribution in [3.05, 3.63) is 0 Å². The van der Waals surface area contributed by atoms with Crippen molar-refractivity contribution < 1.29 is 4.79 Å². The zero-order valence-electron chi connectivity index (χ0n) is 9.13. The lowest BCUT2D eigenvalue weighted by Crippen LogP contribution is -2.41. The topological polar surface area (TPSA) is 20.3 Å². The number of alkyl halides is 1. The molecule has 0 spiro atoms. The van der Waals surface area contributed by atoms with Gasteiger partial charge in [-0.15, -0.1) is 0 Å². The highest BCUT2D eigenvalue weighted by Gasteiger charge is 2.27. The first kappa shape index (κ1) is 12.0. The lowest BCUT2D eigenvalue weighted by atomic mass is 10.1. The summed E-state index contributed by atoms with van der Waals surface area (Å²) in [6.07, 6.45) is 4.67. The molecule has 0 radical (unpaired) electrons. The summed E-state index contributed by atoms with van der Waals surface area (Å²) in [5, 5.41) is 0.879. The van der Waals surface area contributed by atoms with Crippen LogP contribution in [0.15, 0.2) is 0 Å². The predicted octanol–water partition coefficient (Wildman–Crippen LogP) is 2.81. The van der Waals surface area contributed by atoms with Gasteiger partial charge >= 0.3 is 0 Å². The maximum Gasteiger partial charge on any atom is 0.225 e. The number of hydrogen-bond acceptors (Lipinski definition) is 1. The van der Waals surface area contributed by atoms with E-state index in [0.29, 0.717) is 17.9 Å². The Morgan fingerprint density at radius 3 is 2.43 bits per heavy atom. The number of halogens is 1. The molecule has 82 valence electrons. The average Bonchev–Trinajstić information content (AvgIpc) is 2.65. The van der Waals surface area contributed by atoms with Crippen LogP contribution in [0.3, 0.4) is 0 Å². The zero-order valence-corrected chi connectivity index (χ0v) is 10.7. The van der Waals surface area contributed by atoms with Crippen molar-refractivity contribution in [1.29, 1.82) is 0 Å². The molecule has 1 fully saturated rings. The van der Waals surface area contributed by atoms with Crippen molar-refractivity contribution in [1.82, 2.24) is 4.90 Å². The molecule has 1 aliphatic carbocycles. The van der Waals surface area contributed by atoms with Crippen molar-refractivity contribution >= 4 is 21.8 Å². The molecule has 3 heteroatoms. The first-order valence-corrected chi connectivity index (χ1v) is 6.65. The molecule has 0 N–H and O–H groups in total. The Hall–Kier alpha value is -0.0500. The van der Waals surface area contributed by atoms with Gasteiger partial charge in [0.25, 0.3) is 0 Å². The number of carbonyl (C=O) groups excluding carboxylic acids is 1. The summed E-state index contributed by atoms with van der Waals surface area (Å²) in [4.78, 5) is 14.1. The van der Waals surface area contributed by atoms with Crippen LogP contribution < -0.4 is 0 Å². The van der Waals surface area contributed by atoms with E-state index in [4.69, 9.17) is 0 Å². The van der Waals surface area contributed by atoms with Gasteiger partial charge in [-0.2, -0.15) is 0 Å². The van der Waals surface area contributed by atoms with Crippen LogP contribution in [0.5, 0.6) is 0 Å². The number of nitrogens with zero attached hydrogens (tertiary/aromatic N) is 1. The zero-order chi connectivity index (χ0) is 10.6. The quantitative estimate of drug-likeness (QED) is 0.713. The van der Waals surface area contributed by atoms with Gasteiger partial charge in [0.15, 0.2) is 0 Å². The summed E-state index contributed by atoms with van der Waals surface area (Å²) in [5.74, 6) is 0.688. The van der Waals surface area contributed by atoms with E-state index in [1.54, 1.807) is 0 Å². The first-order chi connectivity index (χ1) is 6.66. The predicted molar refractivity (Wildman–Crippen MR) is 62.6 cm³/mol. The molecular weight excluding hydrogens is 242 g/mol. The second-order valence-corrected chi connectivity index (χ2v) is 5.09. The molecule has 14 heavy (non-hydrogen) atoms. The molecule has 1 aliphatic rings. The second-order valence-electron chi connectivity index (χ2n) is 4.30. The summed E-state index contributed by atoms with van der Waals surface area (Å²) < 4.78 is 0. The molecule has 2 nitrogen and oxygen atoms in total. The number of carbonyl (C=O) groups is 1. The second kappa shape index (κ2) is 5.74. The van der Waals surface area contributed by atoms with Crippen LogP contribution in [-0.4, -0.2) is 28.7 Å². The van der Waals surface area contributed by atoms with E-state index in [1.807, 2.05) is 4.90 Å². The molecule has 0 aromatic rings. The fourth-order valence-corrected chi connectivity index (χ4v) is 2.50. The third kappa shape index (κ3) is 2.97. The van der Waals surface area contributed by atoms with E-state index in [2.05, 4.69) is 29.8 Å². The summed E-state index contributed by atoms with van der Waals surface area (Å²) in [7, 11) is 0. The summed E-state index contributed by atoms with van der Waals surface area (Å²) in [5.41, 5.74) is 0. The molecule has 1 rings (SSSR count). The van der Waals surface area contributed by atoms with Crippen molar-refractivity contribution in [3.63, 3.8) is 0 Å². The monoisotopic (exact) mass is 261 g/mol. The maximum absolute atomic E-state index is 12.1. The van der Waals surface area contributed by atoms with Crippen LogP contribution in [0.1, 0.15) is 39.5 Å². The molecule has 1 saturated carbocycles. The van der Waals surface area contributed by atoms with Crippen molar-refractivity contribution in [2.24, 2.45) is 5.92 Å². The molecule has 0 aliphatic heterocycles. The molecule has 0 aromatic carbocycles. The van der Waals surface area contributed by atoms with Gasteiger partial charge in [0.05, 0.1) is 0 Å². The largest absolute Gasteiger partial charge is 0.339 e. The van der Waals surface area contributed by atoms with Gasteiger partial charge in [0, 0.05) is 23.8 Å². The molecule has 0 unspecified atom stereocenters. The number of rotatable bonds is 4. The average molecular weight is 262 g/mol. The molecular formula is C11H20BrNO. The van der Waals surface area contributed by atoms with Crippen LogP contribution in [-0.2, 0) is 4.79 Å². The van der Waals surface area contributed by atoms with Crippen LogP contribution >= 0.6 is 15.9 Å². The van der Waals surface area contributed by atoms with E-state index < -0.39 is 0 Å². The molecule has 0 saturated heterocycles. The minimum atomic E-state index is 0.316. The van der Waals surface area contributed by atoms with Crippen LogP contribution in [0.25, 0.3) is 0 Å². The van der Waals surface area contributed by atoms with Crippen molar-refractivity contribution in [2.75, 3.05) is 11.9 Å². The molecule has 0 bridgehead atoms. The third-order valence-electron chi connectivity index (χ3n) is 2.94. The Morgan fingerprint density at radius 2 is 2.00 bits per heavy atom. The SMILES string of the molecule is CC(C)N(CCBr)C(=O)C1CCCC1. The lowest BCUT2D eigenvalue weighted by molar-refractivity contribution is -0.136. The van der Waals surface area contributed by atoms with E-state index in [0.717, 1.165) is 24.7 Å². The van der Waals surface area contributed by atoms with Gasteiger partial charge < -0.3 is 4.90 Å². The van der Waals surface area contributed by atoms with E-state index in [1.165, 1.54) is 12.8 Å². The minimum absolute atomic E-state index is 0.316. The molecule has 1 amide bonds. The van der Waals surface area contributed by atoms with E-state index in [9.17, 15) is 4.79 Å². The van der Waals surface area contributed by atoms with Gasteiger partial charge in [0.1, 0.15) is 0 Å². The Bertz CT molecular complexity index is 188. The smallest absolute Gasteiger partial charge is 0.225 e. The number of hydrogen-bond donors (Lipinski definition) is 0. The fourth-order valence-electron chi connectivity index (χ4n) is 2.12. The third-order valence-corrected chi connectivity index (χ3v) is 3.29. The summed E-state index contributed by atoms with van der Waals surface area (Å²) in [6.45, 7) is 5.03. The Morgan fingerprint density at radius 1 is 1.43 bits per heavy atom. The highest BCUT2D eigenvalue weighted by molar-refractivity contribution is 9.09. The minimum Gasteiger partial charge on any atom is -0.339 e. The van der Waals surface area contributed by atoms with E-state index in [-0.39, 0.29) is 0 Å². The maximum atomic E-state index is 12.1. The van der Waals surface area contributed by atoms with Gasteiger partial charge in [-0.3, -0.25) is 4.79 Å². The Kier molecular flexibility index (Phi) is 4.93. The van der Waals surface area contributed by atoms with Crippen LogP contribution in [0.4, 0.5) is 0 Å². The standard InChI is InChI=1S/C11H20BrNO/c1-9(2)13(8-7-12)11(14)10-5-3-4-6-10/h9-10H,3-8H2,1-2H3. The van der Waals surface area contributed by atoms with Crippen LogP contribution in [0.2, 0.25) is 0 Å². The van der Waals surface area contributed by atoms with Gasteiger partial charge in [-0.25, -0.2) is 0 Å². The first-order valence-electron chi connectivity index (χ1n) is 5.53. The number of amides is 1. The molecule has 0 heterocycles. The Labute approximate surface area is 95.2 Å². The fraction of sp³-hybridized carbons (Fsp3) is 0.909. The van der Waals surface area contributed by atoms with Crippen molar-refractivity contribution in [3.8, 4) is 0 Å². The van der Waals surface area contributed by atoms with Gasteiger partial charge in [0.2, 0.25) is 5.91 Å². The molecule has 0 aromatic heterocycles. The van der Waals surface area contributed by atoms with Gasteiger partial charge in [-0.05, 0) is 26.7 Å². The van der Waals surface area contributed by atoms with Crippen molar-refractivity contribution in [2.45, 2.75) is 45.6 Å². The van der Waals surface area contributed by atoms with E-state index >= 15 is 0 Å².